The van der Waals surface area contributed by atoms with E-state index in [0.29, 0.717) is 24.4 Å². The monoisotopic (exact) mass is 313 g/mol. The maximum Gasteiger partial charge on any atom is 0.251 e. The molecule has 2 aromatic rings. The Kier molecular flexibility index (Phi) is 5.99. The van der Waals surface area contributed by atoms with Crippen LogP contribution < -0.4 is 16.0 Å². The van der Waals surface area contributed by atoms with E-state index in [1.54, 1.807) is 48.7 Å². The summed E-state index contributed by atoms with van der Waals surface area (Å²) in [5, 5.41) is 8.42. The van der Waals surface area contributed by atoms with E-state index in [0.717, 1.165) is 5.69 Å². The molecule has 23 heavy (non-hydrogen) atoms. The SMILES string of the molecule is C=CCNC(=O)CNc1ccc(C(=O)NCc2ccco2)cc1. The number of hydrogen-bond acceptors (Lipinski definition) is 4. The van der Waals surface area contributed by atoms with Gasteiger partial charge in [-0.3, -0.25) is 9.59 Å². The van der Waals surface area contributed by atoms with Crippen LogP contribution in [0.3, 0.4) is 0 Å². The van der Waals surface area contributed by atoms with Gasteiger partial charge >= 0.3 is 0 Å². The Morgan fingerprint density at radius 1 is 1.13 bits per heavy atom. The van der Waals surface area contributed by atoms with Gasteiger partial charge in [0.15, 0.2) is 0 Å². The van der Waals surface area contributed by atoms with Crippen molar-refractivity contribution in [3.8, 4) is 0 Å². The normalized spacial score (nSPS) is 9.91. The molecule has 0 spiro atoms. The Hall–Kier alpha value is -3.02. The van der Waals surface area contributed by atoms with Crippen molar-refractivity contribution in [2.45, 2.75) is 6.54 Å². The van der Waals surface area contributed by atoms with Gasteiger partial charge in [-0.2, -0.15) is 0 Å². The Morgan fingerprint density at radius 2 is 1.91 bits per heavy atom. The molecule has 120 valence electrons. The van der Waals surface area contributed by atoms with Crippen molar-refractivity contribution in [1.29, 1.82) is 0 Å². The molecule has 0 unspecified atom stereocenters. The summed E-state index contributed by atoms with van der Waals surface area (Å²) in [5.74, 6) is 0.393. The minimum Gasteiger partial charge on any atom is -0.467 e. The summed E-state index contributed by atoms with van der Waals surface area (Å²) in [7, 11) is 0. The molecule has 0 bridgehead atoms. The van der Waals surface area contributed by atoms with Gasteiger partial charge in [0.2, 0.25) is 5.91 Å². The molecule has 1 aromatic carbocycles. The van der Waals surface area contributed by atoms with Gasteiger partial charge in [0, 0.05) is 17.8 Å². The highest BCUT2D eigenvalue weighted by Crippen LogP contribution is 2.09. The van der Waals surface area contributed by atoms with E-state index in [4.69, 9.17) is 4.42 Å². The summed E-state index contributed by atoms with van der Waals surface area (Å²) in [4.78, 5) is 23.4. The highest BCUT2D eigenvalue weighted by atomic mass is 16.3. The fourth-order valence-electron chi connectivity index (χ4n) is 1.85. The van der Waals surface area contributed by atoms with Gasteiger partial charge in [0.1, 0.15) is 5.76 Å². The predicted molar refractivity (Wildman–Crippen MR) is 88.0 cm³/mol. The minimum absolute atomic E-state index is 0.120. The summed E-state index contributed by atoms with van der Waals surface area (Å²) in [6.45, 7) is 4.48. The van der Waals surface area contributed by atoms with Crippen molar-refractivity contribution in [1.82, 2.24) is 10.6 Å². The standard InChI is InChI=1S/C17H19N3O3/c1-2-9-18-16(21)12-19-14-7-5-13(6-8-14)17(22)20-11-15-4-3-10-23-15/h2-8,10,19H,1,9,11-12H2,(H,18,21)(H,20,22). The van der Waals surface area contributed by atoms with E-state index >= 15 is 0 Å². The Labute approximate surface area is 134 Å². The predicted octanol–water partition coefficient (Wildman–Crippen LogP) is 1.92. The third kappa shape index (κ3) is 5.35. The molecular weight excluding hydrogens is 294 g/mol. The maximum absolute atomic E-state index is 12.0. The number of benzene rings is 1. The lowest BCUT2D eigenvalue weighted by Gasteiger charge is -2.08. The first-order chi connectivity index (χ1) is 11.2. The fraction of sp³-hybridized carbons (Fsp3) is 0.176. The summed E-state index contributed by atoms with van der Waals surface area (Å²) < 4.78 is 5.15. The number of amides is 2. The van der Waals surface area contributed by atoms with E-state index in [9.17, 15) is 9.59 Å². The van der Waals surface area contributed by atoms with E-state index in [1.807, 2.05) is 0 Å². The second kappa shape index (κ2) is 8.43. The summed E-state index contributed by atoms with van der Waals surface area (Å²) in [5.41, 5.74) is 1.31. The molecule has 0 saturated carbocycles. The van der Waals surface area contributed by atoms with Gasteiger partial charge < -0.3 is 20.4 Å². The van der Waals surface area contributed by atoms with E-state index in [2.05, 4.69) is 22.5 Å². The average molecular weight is 313 g/mol. The molecule has 0 saturated heterocycles. The number of furan rings is 1. The van der Waals surface area contributed by atoms with E-state index < -0.39 is 0 Å². The molecule has 0 fully saturated rings. The lowest BCUT2D eigenvalue weighted by atomic mass is 10.2. The van der Waals surface area contributed by atoms with Crippen molar-refractivity contribution < 1.29 is 14.0 Å². The van der Waals surface area contributed by atoms with Crippen LogP contribution in [0.4, 0.5) is 5.69 Å². The molecule has 1 heterocycles. The van der Waals surface area contributed by atoms with Crippen LogP contribution in [0, 0.1) is 0 Å². The average Bonchev–Trinajstić information content (AvgIpc) is 3.10. The van der Waals surface area contributed by atoms with E-state index in [1.165, 1.54) is 0 Å². The molecule has 6 heteroatoms. The molecule has 3 N–H and O–H groups in total. The summed E-state index contributed by atoms with van der Waals surface area (Å²) in [6, 6.07) is 10.5. The molecule has 2 rings (SSSR count). The molecular formula is C17H19N3O3. The van der Waals surface area contributed by atoms with Crippen LogP contribution >= 0.6 is 0 Å². The Balaban J connectivity index is 1.80. The number of rotatable bonds is 8. The largest absolute Gasteiger partial charge is 0.467 e. The maximum atomic E-state index is 12.0. The van der Waals surface area contributed by atoms with Crippen LogP contribution in [0.2, 0.25) is 0 Å². The summed E-state index contributed by atoms with van der Waals surface area (Å²) >= 11 is 0. The van der Waals surface area contributed by atoms with Gasteiger partial charge in [-0.25, -0.2) is 0 Å². The molecule has 1 aromatic heterocycles. The quantitative estimate of drug-likeness (QED) is 0.650. The van der Waals surface area contributed by atoms with Gasteiger partial charge in [-0.15, -0.1) is 6.58 Å². The van der Waals surface area contributed by atoms with Crippen molar-refractivity contribution in [2.75, 3.05) is 18.4 Å². The van der Waals surface area contributed by atoms with Gasteiger partial charge in [-0.05, 0) is 36.4 Å². The van der Waals surface area contributed by atoms with Gasteiger partial charge in [0.25, 0.3) is 5.91 Å². The summed E-state index contributed by atoms with van der Waals surface area (Å²) in [6.07, 6.45) is 3.18. The van der Waals surface area contributed by atoms with E-state index in [-0.39, 0.29) is 18.4 Å². The second-order valence-electron chi connectivity index (χ2n) is 4.79. The number of nitrogens with one attached hydrogen (secondary N) is 3. The van der Waals surface area contributed by atoms with Crippen LogP contribution in [-0.4, -0.2) is 24.9 Å². The third-order valence-corrected chi connectivity index (χ3v) is 3.05. The first-order valence-electron chi connectivity index (χ1n) is 7.21. The molecule has 0 aliphatic carbocycles. The van der Waals surface area contributed by atoms with Gasteiger partial charge in [0.05, 0.1) is 19.4 Å². The zero-order valence-corrected chi connectivity index (χ0v) is 12.7. The first-order valence-corrected chi connectivity index (χ1v) is 7.21. The highest BCUT2D eigenvalue weighted by molar-refractivity contribution is 5.94. The van der Waals surface area contributed by atoms with Crippen molar-refractivity contribution >= 4 is 17.5 Å². The Morgan fingerprint density at radius 3 is 2.57 bits per heavy atom. The van der Waals surface area contributed by atoms with Crippen molar-refractivity contribution in [2.24, 2.45) is 0 Å². The molecule has 0 aliphatic heterocycles. The lowest BCUT2D eigenvalue weighted by Crippen LogP contribution is -2.29. The third-order valence-electron chi connectivity index (χ3n) is 3.05. The van der Waals surface area contributed by atoms with Crippen molar-refractivity contribution in [3.05, 3.63) is 66.6 Å². The highest BCUT2D eigenvalue weighted by Gasteiger charge is 2.06. The topological polar surface area (TPSA) is 83.4 Å². The van der Waals surface area contributed by atoms with Crippen molar-refractivity contribution in [3.63, 3.8) is 0 Å². The number of carbonyl (C=O) groups is 2. The first kappa shape index (κ1) is 16.4. The van der Waals surface area contributed by atoms with Gasteiger partial charge in [-0.1, -0.05) is 6.08 Å². The van der Waals surface area contributed by atoms with Crippen LogP contribution in [0.25, 0.3) is 0 Å². The van der Waals surface area contributed by atoms with Crippen LogP contribution in [0.1, 0.15) is 16.1 Å². The molecule has 0 aliphatic rings. The fourth-order valence-corrected chi connectivity index (χ4v) is 1.85. The number of anilines is 1. The number of hydrogen-bond donors (Lipinski definition) is 3. The zero-order valence-electron chi connectivity index (χ0n) is 12.7. The Bertz CT molecular complexity index is 648. The number of carbonyl (C=O) groups excluding carboxylic acids is 2. The molecule has 6 nitrogen and oxygen atoms in total. The van der Waals surface area contributed by atoms with Crippen LogP contribution in [-0.2, 0) is 11.3 Å². The molecule has 0 atom stereocenters. The molecule has 0 radical (unpaired) electrons. The molecule has 2 amide bonds. The lowest BCUT2D eigenvalue weighted by molar-refractivity contribution is -0.119. The second-order valence-corrected chi connectivity index (χ2v) is 4.79. The van der Waals surface area contributed by atoms with Crippen LogP contribution in [0.5, 0.6) is 0 Å². The zero-order chi connectivity index (χ0) is 16.5. The minimum atomic E-state index is -0.184. The smallest absolute Gasteiger partial charge is 0.251 e. The van der Waals surface area contributed by atoms with Crippen LogP contribution in [0.15, 0.2) is 59.7 Å².